The van der Waals surface area contributed by atoms with Crippen molar-refractivity contribution in [2.24, 2.45) is 0 Å². The maximum Gasteiger partial charge on any atom is 0.205 e. The lowest BCUT2D eigenvalue weighted by Gasteiger charge is -2.00. The lowest BCUT2D eigenvalue weighted by Crippen LogP contribution is -2.08. The first-order chi connectivity index (χ1) is 10.7. The van der Waals surface area contributed by atoms with Gasteiger partial charge >= 0.3 is 0 Å². The predicted octanol–water partition coefficient (Wildman–Crippen LogP) is 2.77. The van der Waals surface area contributed by atoms with E-state index in [1.165, 1.54) is 4.80 Å². The standard InChI is InChI=1S/C15H12BrN5O/c16-13-3-1-11(2-4-13)14(22)7-10-21-19-15(18-20-21)12-5-8-17-9-6-12/h1-6,8-9H,7,10H2. The van der Waals surface area contributed by atoms with Crippen LogP contribution in [-0.2, 0) is 6.54 Å². The molecular formula is C15H12BrN5O. The van der Waals surface area contributed by atoms with Crippen LogP contribution in [-0.4, -0.2) is 31.0 Å². The Labute approximate surface area is 135 Å². The average Bonchev–Trinajstić information content (AvgIpc) is 3.03. The van der Waals surface area contributed by atoms with Gasteiger partial charge in [0.1, 0.15) is 0 Å². The van der Waals surface area contributed by atoms with E-state index in [2.05, 4.69) is 36.3 Å². The molecule has 7 heteroatoms. The Bertz CT molecular complexity index is 770. The second-order valence-corrected chi connectivity index (χ2v) is 5.54. The first-order valence-corrected chi connectivity index (χ1v) is 7.48. The third kappa shape index (κ3) is 3.43. The van der Waals surface area contributed by atoms with Gasteiger partial charge in [0.05, 0.1) is 6.54 Å². The molecule has 0 spiro atoms. The van der Waals surface area contributed by atoms with Gasteiger partial charge in [0.25, 0.3) is 0 Å². The van der Waals surface area contributed by atoms with Gasteiger partial charge in [-0.1, -0.05) is 28.1 Å². The molecule has 3 aromatic rings. The van der Waals surface area contributed by atoms with E-state index in [-0.39, 0.29) is 5.78 Å². The zero-order valence-electron chi connectivity index (χ0n) is 11.6. The van der Waals surface area contributed by atoms with Crippen LogP contribution >= 0.6 is 15.9 Å². The van der Waals surface area contributed by atoms with Crippen molar-refractivity contribution >= 4 is 21.7 Å². The minimum Gasteiger partial charge on any atom is -0.294 e. The minimum absolute atomic E-state index is 0.0512. The van der Waals surface area contributed by atoms with Gasteiger partial charge in [-0.2, -0.15) is 4.80 Å². The number of benzene rings is 1. The van der Waals surface area contributed by atoms with Gasteiger partial charge in [0.15, 0.2) is 5.78 Å². The molecule has 0 unspecified atom stereocenters. The number of hydrogen-bond acceptors (Lipinski definition) is 5. The normalized spacial score (nSPS) is 10.6. The molecule has 0 atom stereocenters. The fourth-order valence-electron chi connectivity index (χ4n) is 1.94. The van der Waals surface area contributed by atoms with Crippen molar-refractivity contribution in [1.29, 1.82) is 0 Å². The Kier molecular flexibility index (Phi) is 4.34. The number of hydrogen-bond donors (Lipinski definition) is 0. The number of aromatic nitrogens is 5. The Hall–Kier alpha value is -2.41. The van der Waals surface area contributed by atoms with Crippen LogP contribution in [0.4, 0.5) is 0 Å². The van der Waals surface area contributed by atoms with Gasteiger partial charge in [-0.3, -0.25) is 9.78 Å². The van der Waals surface area contributed by atoms with E-state index < -0.39 is 0 Å². The topological polar surface area (TPSA) is 73.6 Å². The Morgan fingerprint density at radius 3 is 2.55 bits per heavy atom. The van der Waals surface area contributed by atoms with E-state index in [9.17, 15) is 4.79 Å². The summed E-state index contributed by atoms with van der Waals surface area (Å²) < 4.78 is 0.948. The minimum atomic E-state index is 0.0512. The van der Waals surface area contributed by atoms with Gasteiger partial charge in [-0.25, -0.2) is 0 Å². The Morgan fingerprint density at radius 1 is 1.09 bits per heavy atom. The van der Waals surface area contributed by atoms with Gasteiger partial charge in [0.2, 0.25) is 5.82 Å². The lowest BCUT2D eigenvalue weighted by atomic mass is 10.1. The summed E-state index contributed by atoms with van der Waals surface area (Å²) in [4.78, 5) is 17.5. The van der Waals surface area contributed by atoms with Crippen LogP contribution in [0.2, 0.25) is 0 Å². The van der Waals surface area contributed by atoms with Crippen LogP contribution in [0, 0.1) is 0 Å². The number of Topliss-reactive ketones (excluding diaryl/α,β-unsaturated/α-hetero) is 1. The fraction of sp³-hybridized carbons (Fsp3) is 0.133. The number of ketones is 1. The molecular weight excluding hydrogens is 346 g/mol. The molecule has 0 amide bonds. The van der Waals surface area contributed by atoms with Crippen LogP contribution in [0.3, 0.4) is 0 Å². The fourth-order valence-corrected chi connectivity index (χ4v) is 2.20. The number of rotatable bonds is 5. The highest BCUT2D eigenvalue weighted by Crippen LogP contribution is 2.13. The molecule has 0 saturated carbocycles. The van der Waals surface area contributed by atoms with E-state index in [0.29, 0.717) is 24.4 Å². The summed E-state index contributed by atoms with van der Waals surface area (Å²) in [6.07, 6.45) is 3.67. The maximum atomic E-state index is 12.1. The van der Waals surface area contributed by atoms with E-state index in [1.807, 2.05) is 24.3 Å². The van der Waals surface area contributed by atoms with E-state index in [4.69, 9.17) is 0 Å². The number of nitrogens with zero attached hydrogens (tertiary/aromatic N) is 5. The molecule has 0 radical (unpaired) electrons. The van der Waals surface area contributed by atoms with Crippen molar-refractivity contribution < 1.29 is 4.79 Å². The second-order valence-electron chi connectivity index (χ2n) is 4.62. The molecule has 2 heterocycles. The molecule has 0 N–H and O–H groups in total. The zero-order valence-corrected chi connectivity index (χ0v) is 13.1. The van der Waals surface area contributed by atoms with Crippen LogP contribution < -0.4 is 0 Å². The highest BCUT2D eigenvalue weighted by Gasteiger charge is 2.09. The molecule has 1 aromatic carbocycles. The van der Waals surface area contributed by atoms with Crippen molar-refractivity contribution in [3.05, 3.63) is 58.8 Å². The van der Waals surface area contributed by atoms with E-state index in [0.717, 1.165) is 10.0 Å². The average molecular weight is 358 g/mol. The number of tetrazole rings is 1. The third-order valence-corrected chi connectivity index (χ3v) is 3.63. The summed E-state index contributed by atoms with van der Waals surface area (Å²) in [5.74, 6) is 0.578. The van der Waals surface area contributed by atoms with Crippen LogP contribution in [0.15, 0.2) is 53.3 Å². The molecule has 0 aliphatic rings. The molecule has 6 nitrogen and oxygen atoms in total. The molecule has 110 valence electrons. The van der Waals surface area contributed by atoms with Crippen molar-refractivity contribution in [1.82, 2.24) is 25.2 Å². The highest BCUT2D eigenvalue weighted by atomic mass is 79.9. The monoisotopic (exact) mass is 357 g/mol. The summed E-state index contributed by atoms with van der Waals surface area (Å²) in [7, 11) is 0. The second kappa shape index (κ2) is 6.57. The Balaban J connectivity index is 1.64. The van der Waals surface area contributed by atoms with E-state index >= 15 is 0 Å². The number of halogens is 1. The molecule has 2 aromatic heterocycles. The van der Waals surface area contributed by atoms with Gasteiger partial charge < -0.3 is 0 Å². The Morgan fingerprint density at radius 2 is 1.82 bits per heavy atom. The zero-order chi connectivity index (χ0) is 15.4. The summed E-state index contributed by atoms with van der Waals surface area (Å²) in [5, 5.41) is 12.2. The van der Waals surface area contributed by atoms with E-state index in [1.54, 1.807) is 24.5 Å². The molecule has 22 heavy (non-hydrogen) atoms. The van der Waals surface area contributed by atoms with Gasteiger partial charge in [0, 0.05) is 34.4 Å². The largest absolute Gasteiger partial charge is 0.294 e. The van der Waals surface area contributed by atoms with Crippen molar-refractivity contribution in [2.45, 2.75) is 13.0 Å². The summed E-state index contributed by atoms with van der Waals surface area (Å²) in [5.41, 5.74) is 1.53. The summed E-state index contributed by atoms with van der Waals surface area (Å²) in [6.45, 7) is 0.396. The highest BCUT2D eigenvalue weighted by molar-refractivity contribution is 9.10. The number of carbonyl (C=O) groups is 1. The molecule has 3 rings (SSSR count). The predicted molar refractivity (Wildman–Crippen MR) is 84.1 cm³/mol. The maximum absolute atomic E-state index is 12.1. The molecule has 0 aliphatic heterocycles. The van der Waals surface area contributed by atoms with Crippen molar-refractivity contribution in [3.8, 4) is 11.4 Å². The molecule has 0 saturated heterocycles. The SMILES string of the molecule is O=C(CCn1nnc(-c2ccncc2)n1)c1ccc(Br)cc1. The number of pyridine rings is 1. The molecule has 0 aliphatic carbocycles. The molecule has 0 fully saturated rings. The van der Waals surface area contributed by atoms with Crippen LogP contribution in [0.1, 0.15) is 16.8 Å². The third-order valence-electron chi connectivity index (χ3n) is 3.10. The first kappa shape index (κ1) is 14.5. The molecule has 0 bridgehead atoms. The summed E-state index contributed by atoms with van der Waals surface area (Å²) >= 11 is 3.35. The van der Waals surface area contributed by atoms with Crippen LogP contribution in [0.5, 0.6) is 0 Å². The van der Waals surface area contributed by atoms with Gasteiger partial charge in [-0.05, 0) is 29.5 Å². The summed E-state index contributed by atoms with van der Waals surface area (Å²) in [6, 6.07) is 10.9. The number of carbonyl (C=O) groups excluding carboxylic acids is 1. The van der Waals surface area contributed by atoms with Crippen LogP contribution in [0.25, 0.3) is 11.4 Å². The first-order valence-electron chi connectivity index (χ1n) is 6.69. The quantitative estimate of drug-likeness (QED) is 0.656. The smallest absolute Gasteiger partial charge is 0.205 e. The van der Waals surface area contributed by atoms with Crippen molar-refractivity contribution in [2.75, 3.05) is 0 Å². The van der Waals surface area contributed by atoms with Crippen molar-refractivity contribution in [3.63, 3.8) is 0 Å². The number of aryl methyl sites for hydroxylation is 1. The lowest BCUT2D eigenvalue weighted by molar-refractivity contribution is 0.0973. The van der Waals surface area contributed by atoms with Gasteiger partial charge in [-0.15, -0.1) is 10.2 Å².